The van der Waals surface area contributed by atoms with Gasteiger partial charge in [0.2, 0.25) is 5.95 Å². The van der Waals surface area contributed by atoms with Crippen LogP contribution in [0.15, 0.2) is 18.3 Å². The Hall–Kier alpha value is -1.66. The molecule has 3 atom stereocenters. The lowest BCUT2D eigenvalue weighted by Gasteiger charge is -2.42. The van der Waals surface area contributed by atoms with Crippen LogP contribution in [0.3, 0.4) is 0 Å². The van der Waals surface area contributed by atoms with Crippen molar-refractivity contribution in [3.63, 3.8) is 0 Å². The lowest BCUT2D eigenvalue weighted by atomic mass is 9.83. The number of ether oxygens (including phenoxy) is 1. The number of anilines is 1. The number of hydrogen-bond donors (Lipinski definition) is 2. The molecule has 0 spiro atoms. The Kier molecular flexibility index (Phi) is 3.12. The normalized spacial score (nSPS) is 26.4. The Morgan fingerprint density at radius 2 is 2.37 bits per heavy atom. The average Bonchev–Trinajstić information content (AvgIpc) is 2.77. The van der Waals surface area contributed by atoms with E-state index < -0.39 is 0 Å². The molecular weight excluding hydrogens is 242 g/mol. The van der Waals surface area contributed by atoms with Crippen LogP contribution in [0.25, 0.3) is 5.65 Å². The topological polar surface area (TPSA) is 77.5 Å². The van der Waals surface area contributed by atoms with Crippen molar-refractivity contribution in [3.05, 3.63) is 23.9 Å². The van der Waals surface area contributed by atoms with Crippen molar-refractivity contribution in [2.45, 2.75) is 38.5 Å². The van der Waals surface area contributed by atoms with E-state index in [0.717, 1.165) is 17.6 Å². The van der Waals surface area contributed by atoms with Gasteiger partial charge in [0.25, 0.3) is 0 Å². The molecule has 6 nitrogen and oxygen atoms in total. The molecule has 0 amide bonds. The van der Waals surface area contributed by atoms with Gasteiger partial charge in [0, 0.05) is 18.8 Å². The van der Waals surface area contributed by atoms with Crippen LogP contribution in [0.5, 0.6) is 0 Å². The monoisotopic (exact) mass is 261 g/mol. The van der Waals surface area contributed by atoms with E-state index in [1.165, 1.54) is 0 Å². The molecule has 2 aromatic rings. The Morgan fingerprint density at radius 1 is 1.53 bits per heavy atom. The van der Waals surface area contributed by atoms with E-state index in [4.69, 9.17) is 10.5 Å². The second-order valence-electron chi connectivity index (χ2n) is 5.01. The highest BCUT2D eigenvalue weighted by atomic mass is 16.5. The average molecular weight is 261 g/mol. The highest BCUT2D eigenvalue weighted by Crippen LogP contribution is 2.25. The van der Waals surface area contributed by atoms with Crippen molar-refractivity contribution in [2.24, 2.45) is 5.73 Å². The fraction of sp³-hybridized carbons (Fsp3) is 0.538. The Morgan fingerprint density at radius 3 is 3.11 bits per heavy atom. The molecule has 3 rings (SSSR count). The van der Waals surface area contributed by atoms with Gasteiger partial charge in [-0.1, -0.05) is 6.07 Å². The van der Waals surface area contributed by atoms with Crippen LogP contribution >= 0.6 is 0 Å². The van der Waals surface area contributed by atoms with Gasteiger partial charge < -0.3 is 15.8 Å². The summed E-state index contributed by atoms with van der Waals surface area (Å²) < 4.78 is 7.40. The summed E-state index contributed by atoms with van der Waals surface area (Å²) in [5.74, 6) is 0.607. The third-order valence-electron chi connectivity index (χ3n) is 3.52. The first kappa shape index (κ1) is 12.4. The minimum atomic E-state index is 0.0958. The molecule has 0 bridgehead atoms. The molecule has 0 aliphatic heterocycles. The molecule has 0 saturated heterocycles. The molecule has 19 heavy (non-hydrogen) atoms. The first-order valence-corrected chi connectivity index (χ1v) is 6.64. The van der Waals surface area contributed by atoms with Gasteiger partial charge in [-0.2, -0.15) is 4.98 Å². The Bertz CT molecular complexity index is 579. The number of nitrogens with two attached hydrogens (primary N) is 1. The smallest absolute Gasteiger partial charge is 0.243 e. The van der Waals surface area contributed by atoms with Crippen LogP contribution in [0.1, 0.15) is 18.9 Å². The minimum absolute atomic E-state index is 0.0958. The van der Waals surface area contributed by atoms with Gasteiger partial charge in [0.05, 0.1) is 12.1 Å². The molecule has 6 heteroatoms. The molecule has 102 valence electrons. The highest BCUT2D eigenvalue weighted by molar-refractivity contribution is 5.45. The molecule has 1 fully saturated rings. The Labute approximate surface area is 112 Å². The number of pyridine rings is 1. The predicted molar refractivity (Wildman–Crippen MR) is 73.1 cm³/mol. The second kappa shape index (κ2) is 4.79. The largest absolute Gasteiger partial charge is 0.376 e. The maximum Gasteiger partial charge on any atom is 0.243 e. The number of rotatable bonds is 4. The molecule has 1 aliphatic carbocycles. The molecule has 1 aliphatic rings. The molecule has 0 radical (unpaired) electrons. The van der Waals surface area contributed by atoms with E-state index in [1.54, 1.807) is 4.52 Å². The van der Waals surface area contributed by atoms with Gasteiger partial charge in [0.15, 0.2) is 5.65 Å². The fourth-order valence-electron chi connectivity index (χ4n) is 2.42. The number of nitrogens with one attached hydrogen (secondary N) is 1. The maximum absolute atomic E-state index is 6.00. The van der Waals surface area contributed by atoms with Crippen molar-refractivity contribution in [1.29, 1.82) is 0 Å². The van der Waals surface area contributed by atoms with E-state index in [2.05, 4.69) is 15.4 Å². The number of aromatic nitrogens is 3. The van der Waals surface area contributed by atoms with E-state index in [-0.39, 0.29) is 18.2 Å². The maximum atomic E-state index is 6.00. The van der Waals surface area contributed by atoms with E-state index in [1.807, 2.05) is 32.2 Å². The van der Waals surface area contributed by atoms with Crippen LogP contribution in [-0.2, 0) is 4.74 Å². The minimum Gasteiger partial charge on any atom is -0.376 e. The van der Waals surface area contributed by atoms with Crippen LogP contribution < -0.4 is 11.1 Å². The third kappa shape index (κ3) is 2.29. The summed E-state index contributed by atoms with van der Waals surface area (Å²) in [5.41, 5.74) is 7.98. The summed E-state index contributed by atoms with van der Waals surface area (Å²) in [6.45, 7) is 4.72. The first-order chi connectivity index (χ1) is 9.17. The fourth-order valence-corrected chi connectivity index (χ4v) is 2.42. The number of nitrogens with zero attached hydrogens (tertiary/aromatic N) is 3. The van der Waals surface area contributed by atoms with Crippen molar-refractivity contribution in [1.82, 2.24) is 14.6 Å². The zero-order valence-corrected chi connectivity index (χ0v) is 11.2. The van der Waals surface area contributed by atoms with E-state index in [9.17, 15) is 0 Å². The van der Waals surface area contributed by atoms with E-state index >= 15 is 0 Å². The zero-order chi connectivity index (χ0) is 13.4. The predicted octanol–water partition coefficient (Wildman–Crippen LogP) is 0.954. The lowest BCUT2D eigenvalue weighted by Crippen LogP contribution is -2.60. The van der Waals surface area contributed by atoms with Crippen LogP contribution in [-0.4, -0.2) is 39.4 Å². The Balaban J connectivity index is 1.77. The van der Waals surface area contributed by atoms with Gasteiger partial charge in [-0.05, 0) is 31.9 Å². The van der Waals surface area contributed by atoms with Gasteiger partial charge in [-0.15, -0.1) is 5.10 Å². The number of hydrogen-bond acceptors (Lipinski definition) is 5. The molecule has 0 aromatic carbocycles. The quantitative estimate of drug-likeness (QED) is 0.857. The molecule has 2 aromatic heterocycles. The number of fused-ring (bicyclic) bond motifs is 1. The summed E-state index contributed by atoms with van der Waals surface area (Å²) in [6, 6.07) is 4.17. The molecule has 3 N–H and O–H groups in total. The number of aryl methyl sites for hydroxylation is 1. The van der Waals surface area contributed by atoms with Crippen molar-refractivity contribution in [3.8, 4) is 0 Å². The van der Waals surface area contributed by atoms with E-state index in [0.29, 0.717) is 12.6 Å². The molecule has 2 heterocycles. The van der Waals surface area contributed by atoms with Gasteiger partial charge >= 0.3 is 0 Å². The van der Waals surface area contributed by atoms with Gasteiger partial charge in [-0.3, -0.25) is 0 Å². The molecule has 3 unspecified atom stereocenters. The highest BCUT2D eigenvalue weighted by Gasteiger charge is 2.40. The van der Waals surface area contributed by atoms with Gasteiger partial charge in [0.1, 0.15) is 0 Å². The van der Waals surface area contributed by atoms with Crippen LogP contribution in [0.4, 0.5) is 5.95 Å². The zero-order valence-electron chi connectivity index (χ0n) is 11.2. The van der Waals surface area contributed by atoms with Crippen molar-refractivity contribution in [2.75, 3.05) is 11.9 Å². The van der Waals surface area contributed by atoms with Crippen molar-refractivity contribution >= 4 is 11.6 Å². The van der Waals surface area contributed by atoms with Crippen LogP contribution in [0.2, 0.25) is 0 Å². The summed E-state index contributed by atoms with van der Waals surface area (Å²) in [7, 11) is 0. The summed E-state index contributed by atoms with van der Waals surface area (Å²) in [6.07, 6.45) is 3.00. The first-order valence-electron chi connectivity index (χ1n) is 6.64. The third-order valence-corrected chi connectivity index (χ3v) is 3.52. The standard InChI is InChI=1S/C13H19N5O/c1-3-19-10-6-9(14)12(10)16-13-15-11-5-4-8(2)7-18(11)17-13/h4-5,7,9-10,12H,3,6,14H2,1-2H3,(H,16,17). The summed E-state index contributed by atoms with van der Waals surface area (Å²) in [4.78, 5) is 4.43. The van der Waals surface area contributed by atoms with Crippen molar-refractivity contribution < 1.29 is 4.74 Å². The second-order valence-corrected chi connectivity index (χ2v) is 5.01. The van der Waals surface area contributed by atoms with Crippen LogP contribution in [0, 0.1) is 6.92 Å². The molecular formula is C13H19N5O. The SMILES string of the molecule is CCOC1CC(N)C1Nc1nc2ccc(C)cn2n1. The lowest BCUT2D eigenvalue weighted by molar-refractivity contribution is -0.0128. The summed E-state index contributed by atoms with van der Waals surface area (Å²) in [5, 5.41) is 7.69. The van der Waals surface area contributed by atoms with Gasteiger partial charge in [-0.25, -0.2) is 4.52 Å². The summed E-state index contributed by atoms with van der Waals surface area (Å²) >= 11 is 0. The molecule has 1 saturated carbocycles.